The maximum atomic E-state index is 12.7. The Balaban J connectivity index is 0.00000364. The predicted molar refractivity (Wildman–Crippen MR) is 107 cm³/mol. The minimum atomic E-state index is -3.60. The quantitative estimate of drug-likeness (QED) is 0.493. The van der Waals surface area contributed by atoms with Crippen molar-refractivity contribution in [3.63, 3.8) is 0 Å². The highest BCUT2D eigenvalue weighted by atomic mass is 35.5. The van der Waals surface area contributed by atoms with Gasteiger partial charge in [0.15, 0.2) is 5.78 Å². The number of ketones is 1. The molecule has 0 bridgehead atoms. The lowest BCUT2D eigenvalue weighted by Gasteiger charge is -2.30. The lowest BCUT2D eigenvalue weighted by Crippen LogP contribution is -2.44. The number of likely N-dealkylation sites (N-methyl/N-ethyl adjacent to an activating group) is 1. The van der Waals surface area contributed by atoms with Gasteiger partial charge in [0.25, 0.3) is 0 Å². The number of Topliss-reactive ketones (excluding diaryl/α,β-unsaturated/α-hetero) is 1. The molecule has 0 radical (unpaired) electrons. The van der Waals surface area contributed by atoms with Crippen LogP contribution in [-0.2, 0) is 14.8 Å². The largest absolute Gasteiger partial charge is 0.355 e. The van der Waals surface area contributed by atoms with E-state index >= 15 is 0 Å². The fraction of sp³-hybridized carbons (Fsp3) is 0.556. The highest BCUT2D eigenvalue weighted by Crippen LogP contribution is 2.24. The highest BCUT2D eigenvalue weighted by molar-refractivity contribution is 7.89. The number of sulfonamides is 1. The summed E-state index contributed by atoms with van der Waals surface area (Å²) in [6, 6.07) is 5.98. The van der Waals surface area contributed by atoms with Gasteiger partial charge in [0.1, 0.15) is 0 Å². The summed E-state index contributed by atoms with van der Waals surface area (Å²) in [7, 11) is -3.60. The molecule has 7 nitrogen and oxygen atoms in total. The molecule has 152 valence electrons. The maximum Gasteiger partial charge on any atom is 0.243 e. The first kappa shape index (κ1) is 23.6. The van der Waals surface area contributed by atoms with Crippen molar-refractivity contribution in [3.05, 3.63) is 29.8 Å². The molecule has 1 aliphatic heterocycles. The number of carbonyl (C=O) groups excluding carboxylic acids is 2. The van der Waals surface area contributed by atoms with Crippen LogP contribution in [0.1, 0.15) is 37.0 Å². The number of nitrogens with zero attached hydrogens (tertiary/aromatic N) is 1. The van der Waals surface area contributed by atoms with Crippen LogP contribution in [0.4, 0.5) is 0 Å². The van der Waals surface area contributed by atoms with Crippen molar-refractivity contribution in [3.8, 4) is 0 Å². The average molecular weight is 418 g/mol. The van der Waals surface area contributed by atoms with Crippen molar-refractivity contribution in [2.75, 3.05) is 32.7 Å². The summed E-state index contributed by atoms with van der Waals surface area (Å²) in [5.41, 5.74) is 0.483. The van der Waals surface area contributed by atoms with E-state index < -0.39 is 10.0 Å². The second-order valence-corrected chi connectivity index (χ2v) is 8.34. The Bertz CT molecular complexity index is 729. The maximum absolute atomic E-state index is 12.7. The number of nitrogens with one attached hydrogen (secondary N) is 2. The summed E-state index contributed by atoms with van der Waals surface area (Å²) in [5, 5.41) is 6.03. The number of piperidine rings is 1. The molecule has 1 aromatic carbocycles. The van der Waals surface area contributed by atoms with Crippen LogP contribution in [0.25, 0.3) is 0 Å². The Hall–Kier alpha value is -1.48. The Morgan fingerprint density at radius 2 is 1.70 bits per heavy atom. The lowest BCUT2D eigenvalue weighted by molar-refractivity contribution is -0.126. The highest BCUT2D eigenvalue weighted by Gasteiger charge is 2.31. The molecule has 9 heteroatoms. The van der Waals surface area contributed by atoms with Crippen molar-refractivity contribution < 1.29 is 18.0 Å². The zero-order chi connectivity index (χ0) is 19.2. The van der Waals surface area contributed by atoms with Crippen LogP contribution < -0.4 is 10.6 Å². The van der Waals surface area contributed by atoms with E-state index in [-0.39, 0.29) is 34.9 Å². The van der Waals surface area contributed by atoms with Crippen LogP contribution in [0.2, 0.25) is 0 Å². The van der Waals surface area contributed by atoms with Gasteiger partial charge in [-0.15, -0.1) is 12.4 Å². The van der Waals surface area contributed by atoms with Gasteiger partial charge in [-0.05, 0) is 38.4 Å². The van der Waals surface area contributed by atoms with Crippen molar-refractivity contribution in [1.29, 1.82) is 0 Å². The standard InChI is InChI=1S/C18H27N3O4S.ClH/c1-3-19-10-11-20-18(23)16-8-12-21(13-9-16)26(24,25)17-6-4-15(5-7-17)14(2)22;/h4-7,16,19H,3,8-13H2,1-2H3,(H,20,23);1H. The zero-order valence-electron chi connectivity index (χ0n) is 15.7. The van der Waals surface area contributed by atoms with E-state index in [4.69, 9.17) is 0 Å². The smallest absolute Gasteiger partial charge is 0.243 e. The van der Waals surface area contributed by atoms with E-state index in [0.717, 1.165) is 13.1 Å². The fourth-order valence-electron chi connectivity index (χ4n) is 2.96. The average Bonchev–Trinajstić information content (AvgIpc) is 2.65. The molecule has 1 heterocycles. The van der Waals surface area contributed by atoms with Gasteiger partial charge in [-0.2, -0.15) is 4.31 Å². The summed E-state index contributed by atoms with van der Waals surface area (Å²) < 4.78 is 26.9. The molecule has 0 atom stereocenters. The number of amides is 1. The van der Waals surface area contributed by atoms with Crippen LogP contribution in [0.15, 0.2) is 29.2 Å². The summed E-state index contributed by atoms with van der Waals surface area (Å²) >= 11 is 0. The van der Waals surface area contributed by atoms with E-state index in [1.165, 1.54) is 35.5 Å². The normalized spacial score (nSPS) is 15.8. The second-order valence-electron chi connectivity index (χ2n) is 6.40. The summed E-state index contributed by atoms with van der Waals surface area (Å²) in [4.78, 5) is 23.6. The molecule has 27 heavy (non-hydrogen) atoms. The molecule has 2 rings (SSSR count). The van der Waals surface area contributed by atoms with E-state index in [9.17, 15) is 18.0 Å². The van der Waals surface area contributed by atoms with Crippen molar-refractivity contribution >= 4 is 34.1 Å². The Labute approximate surface area is 167 Å². The Morgan fingerprint density at radius 1 is 1.11 bits per heavy atom. The van der Waals surface area contributed by atoms with Gasteiger partial charge in [0, 0.05) is 37.7 Å². The SMILES string of the molecule is CCNCCNC(=O)C1CCN(S(=O)(=O)c2ccc(C(C)=O)cc2)CC1.Cl. The number of halogens is 1. The molecule has 0 saturated carbocycles. The Morgan fingerprint density at radius 3 is 2.22 bits per heavy atom. The van der Waals surface area contributed by atoms with Gasteiger partial charge in [-0.25, -0.2) is 8.42 Å². The van der Waals surface area contributed by atoms with Crippen LogP contribution >= 0.6 is 12.4 Å². The molecule has 0 aromatic heterocycles. The molecule has 0 spiro atoms. The minimum absolute atomic E-state index is 0. The van der Waals surface area contributed by atoms with Gasteiger partial charge < -0.3 is 10.6 Å². The first-order chi connectivity index (χ1) is 12.4. The van der Waals surface area contributed by atoms with Crippen LogP contribution in [-0.4, -0.2) is 57.1 Å². The van der Waals surface area contributed by atoms with Gasteiger partial charge in [-0.1, -0.05) is 19.1 Å². The van der Waals surface area contributed by atoms with Gasteiger partial charge in [0.2, 0.25) is 15.9 Å². The van der Waals surface area contributed by atoms with Crippen molar-refractivity contribution in [2.24, 2.45) is 5.92 Å². The number of rotatable bonds is 8. The van der Waals surface area contributed by atoms with Crippen LogP contribution in [0.5, 0.6) is 0 Å². The van der Waals surface area contributed by atoms with Crippen molar-refractivity contribution in [2.45, 2.75) is 31.6 Å². The number of hydrogen-bond donors (Lipinski definition) is 2. The third-order valence-electron chi connectivity index (χ3n) is 4.57. The zero-order valence-corrected chi connectivity index (χ0v) is 17.4. The Kier molecular flexibility index (Phi) is 9.38. The molecule has 0 unspecified atom stereocenters. The van der Waals surface area contributed by atoms with Crippen LogP contribution in [0, 0.1) is 5.92 Å². The molecular formula is C18H28ClN3O4S. The van der Waals surface area contributed by atoms with E-state index in [2.05, 4.69) is 10.6 Å². The molecule has 1 amide bonds. The number of benzene rings is 1. The molecule has 1 saturated heterocycles. The van der Waals surface area contributed by atoms with Crippen molar-refractivity contribution in [1.82, 2.24) is 14.9 Å². The van der Waals surface area contributed by atoms with E-state index in [1.54, 1.807) is 0 Å². The monoisotopic (exact) mass is 417 g/mol. The molecule has 2 N–H and O–H groups in total. The lowest BCUT2D eigenvalue weighted by atomic mass is 9.97. The van der Waals surface area contributed by atoms with Gasteiger partial charge in [0.05, 0.1) is 4.90 Å². The fourth-order valence-corrected chi connectivity index (χ4v) is 4.43. The minimum Gasteiger partial charge on any atom is -0.355 e. The first-order valence-corrected chi connectivity index (χ1v) is 10.4. The predicted octanol–water partition coefficient (Wildman–Crippen LogP) is 1.44. The molecule has 1 aliphatic rings. The number of hydrogen-bond acceptors (Lipinski definition) is 5. The second kappa shape index (κ2) is 10.8. The third-order valence-corrected chi connectivity index (χ3v) is 6.49. The molecule has 1 fully saturated rings. The molecule has 1 aromatic rings. The van der Waals surface area contributed by atoms with Gasteiger partial charge in [-0.3, -0.25) is 9.59 Å². The summed E-state index contributed by atoms with van der Waals surface area (Å²) in [6.45, 7) is 6.26. The summed E-state index contributed by atoms with van der Waals surface area (Å²) in [5.74, 6) is -0.260. The number of carbonyl (C=O) groups is 2. The summed E-state index contributed by atoms with van der Waals surface area (Å²) in [6.07, 6.45) is 1.02. The van der Waals surface area contributed by atoms with Crippen LogP contribution in [0.3, 0.4) is 0 Å². The molecule has 0 aliphatic carbocycles. The topological polar surface area (TPSA) is 95.6 Å². The van der Waals surface area contributed by atoms with E-state index in [0.29, 0.717) is 38.0 Å². The first-order valence-electron chi connectivity index (χ1n) is 8.96. The molecular weight excluding hydrogens is 390 g/mol. The third kappa shape index (κ3) is 6.27. The van der Waals surface area contributed by atoms with Gasteiger partial charge >= 0.3 is 0 Å². The van der Waals surface area contributed by atoms with E-state index in [1.807, 2.05) is 6.92 Å².